The average Bonchev–Trinajstić information content (AvgIpc) is 3.11. The van der Waals surface area contributed by atoms with Crippen molar-refractivity contribution in [2.75, 3.05) is 33.8 Å². The second-order valence-corrected chi connectivity index (χ2v) is 11.3. The highest BCUT2D eigenvalue weighted by Crippen LogP contribution is 2.53. The second kappa shape index (κ2) is 8.65. The van der Waals surface area contributed by atoms with Crippen molar-refractivity contribution in [3.05, 3.63) is 23.0 Å². The molecule has 0 spiro atoms. The Bertz CT molecular complexity index is 928. The molecule has 0 aromatic carbocycles. The molecule has 162 valence electrons. The number of aromatic amines is 1. The topological polar surface area (TPSA) is 106 Å². The maximum atomic E-state index is 13.2. The van der Waals surface area contributed by atoms with Gasteiger partial charge in [-0.25, -0.2) is 14.6 Å². The van der Waals surface area contributed by atoms with Crippen molar-refractivity contribution in [2.24, 2.45) is 0 Å². The Labute approximate surface area is 170 Å². The summed E-state index contributed by atoms with van der Waals surface area (Å²) in [4.78, 5) is 25.2. The summed E-state index contributed by atoms with van der Waals surface area (Å²) in [5.41, 5.74) is 0.355. The van der Waals surface area contributed by atoms with E-state index in [1.54, 1.807) is 29.7 Å². The summed E-state index contributed by atoms with van der Waals surface area (Å²) >= 11 is 0. The minimum Gasteiger partial charge on any atom is -0.350 e. The fraction of sp³-hybridized carbons (Fsp3) is 0.722. The van der Waals surface area contributed by atoms with Gasteiger partial charge in [-0.15, -0.1) is 0 Å². The van der Waals surface area contributed by atoms with Gasteiger partial charge < -0.3 is 14.2 Å². The predicted octanol–water partition coefficient (Wildman–Crippen LogP) is 1.91. The highest BCUT2D eigenvalue weighted by atomic mass is 31.2. The molecule has 3 rings (SSSR count). The Balaban J connectivity index is 1.83. The molecule has 10 nitrogen and oxygen atoms in total. The van der Waals surface area contributed by atoms with Gasteiger partial charge in [-0.2, -0.15) is 0 Å². The summed E-state index contributed by atoms with van der Waals surface area (Å²) in [6.45, 7) is 9.54. The number of imidazole rings is 1. The van der Waals surface area contributed by atoms with E-state index in [1.165, 1.54) is 6.33 Å². The quantitative estimate of drug-likeness (QED) is 0.670. The minimum absolute atomic E-state index is 0.119. The van der Waals surface area contributed by atoms with Gasteiger partial charge in [-0.3, -0.25) is 18.8 Å². The number of morpholine rings is 1. The van der Waals surface area contributed by atoms with Gasteiger partial charge in [0.2, 0.25) is 0 Å². The summed E-state index contributed by atoms with van der Waals surface area (Å²) in [6.07, 6.45) is 2.29. The molecular formula is C18H31N6O4P. The molecule has 3 heterocycles. The van der Waals surface area contributed by atoms with E-state index in [1.807, 2.05) is 13.8 Å². The van der Waals surface area contributed by atoms with Crippen LogP contribution in [-0.2, 0) is 13.8 Å². The minimum atomic E-state index is -2.94. The maximum absolute atomic E-state index is 13.2. The molecule has 0 bridgehead atoms. The summed E-state index contributed by atoms with van der Waals surface area (Å²) in [5.74, 6) is 0. The molecule has 0 aliphatic carbocycles. The van der Waals surface area contributed by atoms with Crippen molar-refractivity contribution < 1.29 is 13.8 Å². The monoisotopic (exact) mass is 426 g/mol. The summed E-state index contributed by atoms with van der Waals surface area (Å²) in [5, 5.41) is 0. The number of nitrogens with one attached hydrogen (secondary N) is 1. The molecule has 2 aromatic heterocycles. The van der Waals surface area contributed by atoms with E-state index >= 15 is 0 Å². The number of hydrogen-bond acceptors (Lipinski definition) is 7. The molecule has 3 atom stereocenters. The van der Waals surface area contributed by atoms with E-state index in [-0.39, 0.29) is 35.7 Å². The molecule has 1 saturated heterocycles. The first-order chi connectivity index (χ1) is 13.6. The van der Waals surface area contributed by atoms with Gasteiger partial charge in [0.1, 0.15) is 6.23 Å². The average molecular weight is 426 g/mol. The predicted molar refractivity (Wildman–Crippen MR) is 111 cm³/mol. The Kier molecular flexibility index (Phi) is 6.60. The molecular weight excluding hydrogens is 395 g/mol. The third kappa shape index (κ3) is 4.46. The molecule has 2 aromatic rings. The molecule has 1 aliphatic heterocycles. The van der Waals surface area contributed by atoms with Crippen molar-refractivity contribution in [1.29, 1.82) is 0 Å². The van der Waals surface area contributed by atoms with E-state index in [9.17, 15) is 9.36 Å². The lowest BCUT2D eigenvalue weighted by atomic mass is 10.2. The van der Waals surface area contributed by atoms with Gasteiger partial charge in [-0.1, -0.05) is 13.8 Å². The van der Waals surface area contributed by atoms with Crippen LogP contribution >= 0.6 is 7.52 Å². The molecule has 1 fully saturated rings. The molecule has 1 aliphatic rings. The first kappa shape index (κ1) is 22.1. The molecule has 0 radical (unpaired) electrons. The number of H-pyrrole nitrogens is 1. The fourth-order valence-electron chi connectivity index (χ4n) is 3.50. The lowest BCUT2D eigenvalue weighted by molar-refractivity contribution is -0.136. The fourth-order valence-corrected chi connectivity index (χ4v) is 5.33. The summed E-state index contributed by atoms with van der Waals surface area (Å²) < 4.78 is 28.8. The number of fused-ring (bicyclic) bond motifs is 1. The number of rotatable bonds is 7. The molecule has 3 unspecified atom stereocenters. The van der Waals surface area contributed by atoms with Crippen LogP contribution in [0.3, 0.4) is 0 Å². The third-order valence-electron chi connectivity index (χ3n) is 5.24. The molecule has 11 heteroatoms. The zero-order chi connectivity index (χ0) is 21.3. The lowest BCUT2D eigenvalue weighted by Crippen LogP contribution is -2.50. The van der Waals surface area contributed by atoms with E-state index in [4.69, 9.17) is 9.26 Å². The van der Waals surface area contributed by atoms with Crippen LogP contribution in [0, 0.1) is 0 Å². The van der Waals surface area contributed by atoms with Crippen molar-refractivity contribution in [3.63, 3.8) is 0 Å². The lowest BCUT2D eigenvalue weighted by Gasteiger charge is -2.41. The van der Waals surface area contributed by atoms with Gasteiger partial charge in [0.05, 0.1) is 25.4 Å². The Hall–Kier alpha value is -1.58. The number of aromatic nitrogens is 4. The van der Waals surface area contributed by atoms with E-state index in [2.05, 4.69) is 33.7 Å². The SMILES string of the molecule is CC(C)N1CC(COP(=O)(C(C)C)N(C)C)OC(n2cnc3c(=O)[nH]cnc32)C1. The molecule has 0 amide bonds. The van der Waals surface area contributed by atoms with Crippen LogP contribution in [0.1, 0.15) is 33.9 Å². The Morgan fingerprint density at radius 2 is 2.03 bits per heavy atom. The zero-order valence-corrected chi connectivity index (χ0v) is 18.8. The van der Waals surface area contributed by atoms with Gasteiger partial charge in [-0.05, 0) is 27.9 Å². The van der Waals surface area contributed by atoms with Crippen molar-refractivity contribution in [2.45, 2.75) is 51.7 Å². The number of ether oxygens (including phenoxy) is 1. The van der Waals surface area contributed by atoms with Crippen molar-refractivity contribution in [3.8, 4) is 0 Å². The number of nitrogens with zero attached hydrogens (tertiary/aromatic N) is 5. The van der Waals surface area contributed by atoms with E-state index in [0.29, 0.717) is 24.8 Å². The maximum Gasteiger partial charge on any atom is 0.278 e. The molecule has 1 N–H and O–H groups in total. The standard InChI is InChI=1S/C18H31N6O4P/c1-12(2)23-7-14(9-27-29(26,13(3)4)22(5)6)28-15(8-23)24-11-21-16-17(24)19-10-20-18(16)25/h10-15H,7-9H2,1-6H3,(H,19,20,25). The Morgan fingerprint density at radius 1 is 1.31 bits per heavy atom. The van der Waals surface area contributed by atoms with Crippen LogP contribution in [0.2, 0.25) is 0 Å². The highest BCUT2D eigenvalue weighted by molar-refractivity contribution is 7.57. The summed E-state index contributed by atoms with van der Waals surface area (Å²) in [6, 6.07) is 0.292. The first-order valence-electron chi connectivity index (χ1n) is 9.85. The normalized spacial score (nSPS) is 23.3. The molecule has 0 saturated carbocycles. The largest absolute Gasteiger partial charge is 0.350 e. The Morgan fingerprint density at radius 3 is 2.66 bits per heavy atom. The smallest absolute Gasteiger partial charge is 0.278 e. The van der Waals surface area contributed by atoms with Crippen LogP contribution in [-0.4, -0.2) is 80.7 Å². The van der Waals surface area contributed by atoms with Crippen molar-refractivity contribution >= 4 is 18.7 Å². The van der Waals surface area contributed by atoms with E-state index < -0.39 is 7.52 Å². The highest BCUT2D eigenvalue weighted by Gasteiger charge is 2.36. The van der Waals surface area contributed by atoms with Gasteiger partial charge >= 0.3 is 0 Å². The van der Waals surface area contributed by atoms with Crippen LogP contribution in [0.25, 0.3) is 11.2 Å². The van der Waals surface area contributed by atoms with Crippen molar-refractivity contribution in [1.82, 2.24) is 29.1 Å². The second-order valence-electron chi connectivity index (χ2n) is 8.12. The summed E-state index contributed by atoms with van der Waals surface area (Å²) in [7, 11) is 0.600. The zero-order valence-electron chi connectivity index (χ0n) is 17.9. The van der Waals surface area contributed by atoms with Crippen LogP contribution in [0.15, 0.2) is 17.4 Å². The van der Waals surface area contributed by atoms with E-state index in [0.717, 1.165) is 0 Å². The molecule has 29 heavy (non-hydrogen) atoms. The third-order valence-corrected chi connectivity index (χ3v) is 8.18. The van der Waals surface area contributed by atoms with Crippen LogP contribution in [0.5, 0.6) is 0 Å². The first-order valence-corrected chi connectivity index (χ1v) is 11.5. The van der Waals surface area contributed by atoms with Crippen LogP contribution < -0.4 is 5.56 Å². The number of hydrogen-bond donors (Lipinski definition) is 1. The van der Waals surface area contributed by atoms with Crippen LogP contribution in [0.4, 0.5) is 0 Å². The van der Waals surface area contributed by atoms with Gasteiger partial charge in [0.15, 0.2) is 11.2 Å². The van der Waals surface area contributed by atoms with Gasteiger partial charge in [0.25, 0.3) is 13.1 Å². The van der Waals surface area contributed by atoms with Gasteiger partial charge in [0, 0.05) is 24.8 Å².